The molecule has 9 aromatic rings. The maximum absolute atomic E-state index is 13.6. The van der Waals surface area contributed by atoms with Crippen molar-refractivity contribution in [2.24, 2.45) is 33.2 Å². The number of thioether (sulfide) groups is 1. The van der Waals surface area contributed by atoms with Crippen LogP contribution in [-0.4, -0.2) is 163 Å². The number of halogens is 2. The third-order valence-electron chi connectivity index (χ3n) is 20.8. The number of nitrogens with zero attached hydrogens (tertiary/aromatic N) is 6. The summed E-state index contributed by atoms with van der Waals surface area (Å²) in [6.07, 6.45) is 12.4. The first kappa shape index (κ1) is 82.7. The number of fused-ring (bicyclic) bond motifs is 3. The van der Waals surface area contributed by atoms with Gasteiger partial charge in [-0.15, -0.1) is 45.8 Å². The zero-order valence-corrected chi connectivity index (χ0v) is 67.4. The normalized spacial score (nSPS) is 24.2. The van der Waals surface area contributed by atoms with E-state index in [4.69, 9.17) is 38.6 Å². The summed E-state index contributed by atoms with van der Waals surface area (Å²) in [7, 11) is -12.3. The van der Waals surface area contributed by atoms with Crippen LogP contribution in [0.5, 0.6) is 0 Å². The standard InChI is InChI=1S/C25H28ClN5O5S2.C25H29N5O5S2.C24H25ClN4O5S3/c26-24-18(22-17-6-2-1-4-14(17)5-3-7-29-22)10-21(37-24)23(33)19-11-28-13-30-25(19)31-16-8-15(20(32)9-16)12-36-38(27,34)35;1-25(20-5-3-2-4-15(20)6-7-29-25)17-9-22(36-13-17)23(32)19-11-27-14-28-24(19)30-18-8-16(21(31)10-18)12-35-37(26,33)34;25-16-2-1-13-3-4-35-23(18(13)7-16)15-6-21(36-11-15)22(31)19-9-27-12-28-24(19)29-17-5-14(20(30)8-17)10-34-37(26,32)33/h1-2,4,6,10-11,13,15-16,20,22,29,32H,3,5,7-9,12H2,(H2,27,34,35)(H,28,30,31);2-5,9,11,13-14,16,18,21,29,31H,6-8,10,12H2,1H3,(H2,26,33,34)(H,27,28,30);1-2,6-7,9,11-12,14,17,20,23,30H,3-5,8,10H2,(H2,26,32,33)(H,27,28,29)/t15-,16-,20+,22?;16-,18-,21+,25?;14-,17-,20+,23?/m111/s1. The van der Waals surface area contributed by atoms with E-state index in [0.29, 0.717) is 91.1 Å². The fraction of sp³-hybridized carbons (Fsp3) is 0.392. The number of benzene rings is 3. The number of hydrogen-bond acceptors (Lipinski definition) is 30. The van der Waals surface area contributed by atoms with Gasteiger partial charge in [0, 0.05) is 71.6 Å². The quantitative estimate of drug-likeness (QED) is 0.0253. The Morgan fingerprint density at radius 1 is 0.562 bits per heavy atom. The molecule has 15 rings (SSSR count). The predicted molar refractivity (Wildman–Crippen MR) is 429 cm³/mol. The van der Waals surface area contributed by atoms with Gasteiger partial charge in [-0.05, 0) is 169 Å². The zero-order chi connectivity index (χ0) is 79.2. The number of anilines is 3. The summed E-state index contributed by atoms with van der Waals surface area (Å²) in [6.45, 7) is 3.19. The largest absolute Gasteiger partial charge is 0.393 e. The molecule has 6 aromatic heterocycles. The lowest BCUT2D eigenvalue weighted by Crippen LogP contribution is -2.45. The highest BCUT2D eigenvalue weighted by Gasteiger charge is 2.40. The number of thiophene rings is 3. The molecule has 6 aliphatic rings. The van der Waals surface area contributed by atoms with E-state index in [1.807, 2.05) is 71.1 Å². The molecule has 3 unspecified atom stereocenters. The lowest BCUT2D eigenvalue weighted by atomic mass is 9.80. The molecule has 14 N–H and O–H groups in total. The summed E-state index contributed by atoms with van der Waals surface area (Å²) in [5.74, 6) is 0.149. The van der Waals surface area contributed by atoms with Crippen LogP contribution in [0.25, 0.3) is 0 Å². The smallest absolute Gasteiger partial charge is 0.333 e. The zero-order valence-electron chi connectivity index (χ0n) is 60.1. The Morgan fingerprint density at radius 2 is 1.05 bits per heavy atom. The molecule has 3 aromatic carbocycles. The van der Waals surface area contributed by atoms with Crippen molar-refractivity contribution < 1.29 is 67.5 Å². The van der Waals surface area contributed by atoms with Gasteiger partial charge < -0.3 is 41.9 Å². The Bertz CT molecular complexity index is 5280. The minimum atomic E-state index is -4.10. The van der Waals surface area contributed by atoms with Crippen LogP contribution in [0, 0.1) is 17.8 Å². The number of rotatable bonds is 24. The second-order valence-electron chi connectivity index (χ2n) is 28.4. The van der Waals surface area contributed by atoms with Gasteiger partial charge in [0.05, 0.1) is 90.6 Å². The molecule has 29 nitrogen and oxygen atoms in total. The first-order valence-electron chi connectivity index (χ1n) is 35.9. The van der Waals surface area contributed by atoms with Crippen molar-refractivity contribution in [2.45, 2.75) is 124 Å². The van der Waals surface area contributed by atoms with Crippen LogP contribution in [0.15, 0.2) is 133 Å². The van der Waals surface area contributed by atoms with Gasteiger partial charge in [0.2, 0.25) is 17.3 Å². The summed E-state index contributed by atoms with van der Waals surface area (Å²) in [6, 6.07) is 27.5. The SMILES string of the molecule is CC1(c2csc(C(=O)c3cncnc3N[C@@H]3C[C@H](COS(N)(=O)=O)[C@@H](O)C3)c2)NCCc2ccccc21.NS(=O)(=O)OC[C@H]1C[C@@H](Nc2ncncc2C(=O)c2cc(C3NCCCc4ccccc43)c(Cl)s2)C[C@@H]1O.NS(=O)(=O)OC[C@H]1C[C@@H](Nc2ncncc2C(=O)c2cc(C3SCCc4ccc(Cl)cc43)cs2)C[C@@H]1O. The number of aliphatic hydroxyl groups is 3. The molecule has 0 amide bonds. The average molecular weight is 1700 g/mol. The molecule has 3 aliphatic heterocycles. The molecular weight excluding hydrogens is 1620 g/mol. The summed E-state index contributed by atoms with van der Waals surface area (Å²) < 4.78 is 81.2. The number of carbonyl (C=O) groups is 3. The third-order valence-corrected chi connectivity index (χ3v) is 27.0. The molecule has 112 heavy (non-hydrogen) atoms. The average Bonchev–Trinajstić information content (AvgIpc) is 1.49. The van der Waals surface area contributed by atoms with Gasteiger partial charge in [-0.1, -0.05) is 77.8 Å². The van der Waals surface area contributed by atoms with E-state index in [-0.39, 0.29) is 72.2 Å². The number of aliphatic hydroxyl groups excluding tert-OH is 3. The second-order valence-corrected chi connectivity index (χ2v) is 37.2. The van der Waals surface area contributed by atoms with Crippen molar-refractivity contribution in [1.82, 2.24) is 40.5 Å². The third kappa shape index (κ3) is 20.3. The van der Waals surface area contributed by atoms with E-state index in [1.165, 1.54) is 99.4 Å². The van der Waals surface area contributed by atoms with Crippen LogP contribution >= 0.6 is 69.0 Å². The highest BCUT2D eigenvalue weighted by molar-refractivity contribution is 7.99. The van der Waals surface area contributed by atoms with Gasteiger partial charge in [-0.3, -0.25) is 26.9 Å². The first-order valence-corrected chi connectivity index (χ1v) is 44.7. The number of ketones is 3. The van der Waals surface area contributed by atoms with Gasteiger partial charge in [-0.25, -0.2) is 45.3 Å². The highest BCUT2D eigenvalue weighted by atomic mass is 35.5. The maximum atomic E-state index is 13.6. The van der Waals surface area contributed by atoms with Crippen LogP contribution in [0.1, 0.15) is 159 Å². The molecule has 0 saturated heterocycles. The molecule has 0 radical (unpaired) electrons. The van der Waals surface area contributed by atoms with Crippen LogP contribution in [0.4, 0.5) is 17.5 Å². The first-order chi connectivity index (χ1) is 53.5. The fourth-order valence-corrected chi connectivity index (χ4v) is 21.1. The number of nitrogens with two attached hydrogens (primary N) is 3. The number of aryl methyl sites for hydroxylation is 2. The van der Waals surface area contributed by atoms with E-state index in [0.717, 1.165) is 66.8 Å². The van der Waals surface area contributed by atoms with Gasteiger partial charge in [0.25, 0.3) is 0 Å². The number of carbonyl (C=O) groups excluding carboxylic acids is 3. The number of hydrogen-bond donors (Lipinski definition) is 11. The monoisotopic (exact) mass is 1700 g/mol. The summed E-state index contributed by atoms with van der Waals surface area (Å²) in [4.78, 5) is 67.3. The maximum Gasteiger partial charge on any atom is 0.333 e. The number of nitrogens with one attached hydrogen (secondary N) is 5. The number of aromatic nitrogens is 6. The van der Waals surface area contributed by atoms with Crippen molar-refractivity contribution >= 4 is 135 Å². The van der Waals surface area contributed by atoms with E-state index in [9.17, 15) is 55.0 Å². The fourth-order valence-electron chi connectivity index (χ4n) is 15.2. The Morgan fingerprint density at radius 3 is 1.60 bits per heavy atom. The molecule has 3 fully saturated rings. The molecular formula is C74H82Cl2N14O15S7. The van der Waals surface area contributed by atoms with Crippen molar-refractivity contribution in [3.63, 3.8) is 0 Å². The van der Waals surface area contributed by atoms with Crippen LogP contribution in [-0.2, 0) is 68.3 Å². The lowest BCUT2D eigenvalue weighted by Gasteiger charge is -2.37. The predicted octanol–water partition coefficient (Wildman–Crippen LogP) is 8.34. The van der Waals surface area contributed by atoms with E-state index in [1.54, 1.807) is 0 Å². The lowest BCUT2D eigenvalue weighted by molar-refractivity contribution is 0.100. The molecule has 12 atom stereocenters. The van der Waals surface area contributed by atoms with E-state index >= 15 is 0 Å². The molecule has 38 heteroatoms. The van der Waals surface area contributed by atoms with Gasteiger partial charge >= 0.3 is 30.9 Å². The molecule has 9 heterocycles. The molecule has 594 valence electrons. The van der Waals surface area contributed by atoms with Gasteiger partial charge in [0.1, 0.15) is 36.4 Å². The minimum absolute atomic E-state index is 0.111. The topological polar surface area (TPSA) is 458 Å². The van der Waals surface area contributed by atoms with Crippen molar-refractivity contribution in [1.29, 1.82) is 0 Å². The Hall–Kier alpha value is -7.25. The Labute approximate surface area is 673 Å². The molecule has 0 spiro atoms. The molecule has 3 saturated carbocycles. The minimum Gasteiger partial charge on any atom is -0.393 e. The summed E-state index contributed by atoms with van der Waals surface area (Å²) in [5, 5.41) is 67.5. The van der Waals surface area contributed by atoms with Crippen LogP contribution in [0.2, 0.25) is 9.36 Å². The molecule has 0 bridgehead atoms. The Kier molecular flexibility index (Phi) is 26.5. The van der Waals surface area contributed by atoms with E-state index in [2.05, 4.69) is 112 Å². The van der Waals surface area contributed by atoms with Crippen molar-refractivity contribution in [2.75, 3.05) is 54.6 Å². The summed E-state index contributed by atoms with van der Waals surface area (Å²) >= 11 is 18.8. The highest BCUT2D eigenvalue weighted by Crippen LogP contribution is 2.46. The molecule has 3 aliphatic carbocycles. The van der Waals surface area contributed by atoms with E-state index < -0.39 is 72.5 Å². The van der Waals surface area contributed by atoms with Crippen molar-refractivity contribution in [3.05, 3.63) is 224 Å². The van der Waals surface area contributed by atoms with Crippen LogP contribution in [0.3, 0.4) is 0 Å². The van der Waals surface area contributed by atoms with Gasteiger partial charge in [-0.2, -0.15) is 25.3 Å². The Balaban J connectivity index is 0.000000147. The second kappa shape index (κ2) is 35.9. The van der Waals surface area contributed by atoms with Crippen molar-refractivity contribution in [3.8, 4) is 0 Å². The van der Waals surface area contributed by atoms with Gasteiger partial charge in [0.15, 0.2) is 0 Å². The van der Waals surface area contributed by atoms with Crippen LogP contribution < -0.4 is 42.0 Å². The summed E-state index contributed by atoms with van der Waals surface area (Å²) in [5.41, 5.74) is 10.9.